The Hall–Kier alpha value is -0.860. The summed E-state index contributed by atoms with van der Waals surface area (Å²) in [4.78, 5) is 0. The fraction of sp³-hybridized carbons (Fsp3) is 0.333. The molecule has 0 aromatic heterocycles. The standard InChI is InChI=1S/C9H14N2/c1-11-7-9(10)8-5-3-2-4-6-8/h2-6,9,11H,7,10H2,1H3/t9-/m0/s1. The van der Waals surface area contributed by atoms with Gasteiger partial charge in [-0.2, -0.15) is 0 Å². The summed E-state index contributed by atoms with van der Waals surface area (Å²) in [5, 5.41) is 3.04. The lowest BCUT2D eigenvalue weighted by Gasteiger charge is -2.09. The predicted molar refractivity (Wildman–Crippen MR) is 47.3 cm³/mol. The van der Waals surface area contributed by atoms with Crippen molar-refractivity contribution in [1.82, 2.24) is 5.32 Å². The van der Waals surface area contributed by atoms with Crippen molar-refractivity contribution >= 4 is 0 Å². The van der Waals surface area contributed by atoms with E-state index in [0.29, 0.717) is 0 Å². The van der Waals surface area contributed by atoms with E-state index in [0.717, 1.165) is 6.54 Å². The molecule has 1 atom stereocenters. The first-order chi connectivity index (χ1) is 5.34. The summed E-state index contributed by atoms with van der Waals surface area (Å²) in [5.74, 6) is 0. The third-order valence-corrected chi connectivity index (χ3v) is 1.65. The third kappa shape index (κ3) is 2.33. The van der Waals surface area contributed by atoms with Crippen LogP contribution in [0.15, 0.2) is 30.3 Å². The van der Waals surface area contributed by atoms with E-state index >= 15 is 0 Å². The molecule has 11 heavy (non-hydrogen) atoms. The molecule has 0 fully saturated rings. The Bertz CT molecular complexity index is 196. The Morgan fingerprint density at radius 3 is 2.55 bits per heavy atom. The minimum atomic E-state index is 0.112. The molecule has 0 saturated heterocycles. The highest BCUT2D eigenvalue weighted by Crippen LogP contribution is 2.07. The van der Waals surface area contributed by atoms with Crippen molar-refractivity contribution in [3.8, 4) is 0 Å². The minimum absolute atomic E-state index is 0.112. The van der Waals surface area contributed by atoms with E-state index in [-0.39, 0.29) is 6.04 Å². The summed E-state index contributed by atoms with van der Waals surface area (Å²) in [5.41, 5.74) is 7.03. The van der Waals surface area contributed by atoms with Gasteiger partial charge in [0.1, 0.15) is 0 Å². The summed E-state index contributed by atoms with van der Waals surface area (Å²) in [6.45, 7) is 0.823. The molecule has 1 rings (SSSR count). The van der Waals surface area contributed by atoms with Crippen molar-refractivity contribution in [2.75, 3.05) is 13.6 Å². The quantitative estimate of drug-likeness (QED) is 0.672. The van der Waals surface area contributed by atoms with Gasteiger partial charge >= 0.3 is 0 Å². The van der Waals surface area contributed by atoms with Gasteiger partial charge in [0, 0.05) is 12.6 Å². The molecule has 0 amide bonds. The molecule has 1 aromatic rings. The van der Waals surface area contributed by atoms with Gasteiger partial charge in [-0.1, -0.05) is 30.3 Å². The molecule has 0 aliphatic heterocycles. The topological polar surface area (TPSA) is 38.0 Å². The minimum Gasteiger partial charge on any atom is -0.323 e. The second-order valence-electron chi connectivity index (χ2n) is 2.57. The summed E-state index contributed by atoms with van der Waals surface area (Å²) >= 11 is 0. The number of hydrogen-bond donors (Lipinski definition) is 2. The van der Waals surface area contributed by atoms with Crippen molar-refractivity contribution in [1.29, 1.82) is 0 Å². The van der Waals surface area contributed by atoms with Crippen LogP contribution in [0.4, 0.5) is 0 Å². The molecule has 0 saturated carbocycles. The van der Waals surface area contributed by atoms with Gasteiger partial charge in [-0.15, -0.1) is 0 Å². The van der Waals surface area contributed by atoms with Crippen LogP contribution in [-0.2, 0) is 0 Å². The molecule has 0 aliphatic carbocycles. The first-order valence-electron chi connectivity index (χ1n) is 3.79. The molecule has 0 bridgehead atoms. The van der Waals surface area contributed by atoms with E-state index in [2.05, 4.69) is 5.32 Å². The normalized spacial score (nSPS) is 12.9. The highest BCUT2D eigenvalue weighted by Gasteiger charge is 2.01. The molecule has 0 aliphatic rings. The lowest BCUT2D eigenvalue weighted by atomic mass is 10.1. The smallest absolute Gasteiger partial charge is 0.0421 e. The first-order valence-corrected chi connectivity index (χ1v) is 3.79. The molecule has 1 aromatic carbocycles. The molecule has 0 heterocycles. The number of nitrogens with two attached hydrogens (primary N) is 1. The Morgan fingerprint density at radius 1 is 1.36 bits per heavy atom. The average Bonchev–Trinajstić information content (AvgIpc) is 2.07. The maximum absolute atomic E-state index is 5.84. The van der Waals surface area contributed by atoms with Gasteiger partial charge in [0.25, 0.3) is 0 Å². The van der Waals surface area contributed by atoms with Crippen LogP contribution in [0.25, 0.3) is 0 Å². The molecule has 2 nitrogen and oxygen atoms in total. The third-order valence-electron chi connectivity index (χ3n) is 1.65. The maximum Gasteiger partial charge on any atom is 0.0421 e. The number of hydrogen-bond acceptors (Lipinski definition) is 2. The predicted octanol–water partition coefficient (Wildman–Crippen LogP) is 0.906. The van der Waals surface area contributed by atoms with E-state index in [1.165, 1.54) is 5.56 Å². The second kappa shape index (κ2) is 4.11. The van der Waals surface area contributed by atoms with E-state index in [9.17, 15) is 0 Å². The zero-order valence-corrected chi connectivity index (χ0v) is 6.75. The molecular formula is C9H14N2. The van der Waals surface area contributed by atoms with Crippen LogP contribution >= 0.6 is 0 Å². The Kier molecular flexibility index (Phi) is 3.08. The molecule has 2 heteroatoms. The summed E-state index contributed by atoms with van der Waals surface area (Å²) in [6.07, 6.45) is 0. The molecule has 0 spiro atoms. The van der Waals surface area contributed by atoms with E-state index in [4.69, 9.17) is 5.73 Å². The van der Waals surface area contributed by atoms with Gasteiger partial charge in [-0.25, -0.2) is 0 Å². The van der Waals surface area contributed by atoms with Crippen LogP contribution in [0.2, 0.25) is 0 Å². The molecule has 3 N–H and O–H groups in total. The van der Waals surface area contributed by atoms with Gasteiger partial charge in [-0.05, 0) is 12.6 Å². The van der Waals surface area contributed by atoms with Crippen LogP contribution in [0.5, 0.6) is 0 Å². The monoisotopic (exact) mass is 150 g/mol. The van der Waals surface area contributed by atoms with Crippen LogP contribution in [0, 0.1) is 0 Å². The summed E-state index contributed by atoms with van der Waals surface area (Å²) in [6, 6.07) is 10.2. The van der Waals surface area contributed by atoms with Crippen LogP contribution in [0.1, 0.15) is 11.6 Å². The van der Waals surface area contributed by atoms with Crippen molar-refractivity contribution in [3.63, 3.8) is 0 Å². The lowest BCUT2D eigenvalue weighted by molar-refractivity contribution is 0.653. The highest BCUT2D eigenvalue weighted by atomic mass is 14.9. The Labute approximate surface area is 67.4 Å². The van der Waals surface area contributed by atoms with Crippen LogP contribution < -0.4 is 11.1 Å². The Balaban J connectivity index is 2.61. The number of likely N-dealkylation sites (N-methyl/N-ethyl adjacent to an activating group) is 1. The van der Waals surface area contributed by atoms with Crippen molar-refractivity contribution in [2.24, 2.45) is 5.73 Å². The lowest BCUT2D eigenvalue weighted by Crippen LogP contribution is -2.23. The molecule has 0 radical (unpaired) electrons. The summed E-state index contributed by atoms with van der Waals surface area (Å²) < 4.78 is 0. The van der Waals surface area contributed by atoms with E-state index in [1.807, 2.05) is 37.4 Å². The van der Waals surface area contributed by atoms with Gasteiger partial charge in [-0.3, -0.25) is 0 Å². The number of rotatable bonds is 3. The molecule has 0 unspecified atom stereocenters. The van der Waals surface area contributed by atoms with Crippen molar-refractivity contribution in [2.45, 2.75) is 6.04 Å². The average molecular weight is 150 g/mol. The van der Waals surface area contributed by atoms with E-state index < -0.39 is 0 Å². The first kappa shape index (κ1) is 8.24. The van der Waals surface area contributed by atoms with Gasteiger partial charge in [0.15, 0.2) is 0 Å². The van der Waals surface area contributed by atoms with Gasteiger partial charge < -0.3 is 11.1 Å². The highest BCUT2D eigenvalue weighted by molar-refractivity contribution is 5.18. The Morgan fingerprint density at radius 2 is 2.00 bits per heavy atom. The fourth-order valence-electron chi connectivity index (χ4n) is 1.04. The zero-order chi connectivity index (χ0) is 8.10. The van der Waals surface area contributed by atoms with E-state index in [1.54, 1.807) is 0 Å². The van der Waals surface area contributed by atoms with Crippen molar-refractivity contribution in [3.05, 3.63) is 35.9 Å². The van der Waals surface area contributed by atoms with Crippen LogP contribution in [0.3, 0.4) is 0 Å². The number of benzene rings is 1. The SMILES string of the molecule is CNC[C@H](N)c1ccccc1. The fourth-order valence-corrected chi connectivity index (χ4v) is 1.04. The number of nitrogens with one attached hydrogen (secondary N) is 1. The van der Waals surface area contributed by atoms with Gasteiger partial charge in [0.2, 0.25) is 0 Å². The van der Waals surface area contributed by atoms with Gasteiger partial charge in [0.05, 0.1) is 0 Å². The van der Waals surface area contributed by atoms with Crippen molar-refractivity contribution < 1.29 is 0 Å². The molecule has 60 valence electrons. The van der Waals surface area contributed by atoms with Crippen LogP contribution in [-0.4, -0.2) is 13.6 Å². The second-order valence-corrected chi connectivity index (χ2v) is 2.57. The summed E-state index contributed by atoms with van der Waals surface area (Å²) in [7, 11) is 1.91. The maximum atomic E-state index is 5.84. The largest absolute Gasteiger partial charge is 0.323 e. The molecular weight excluding hydrogens is 136 g/mol. The zero-order valence-electron chi connectivity index (χ0n) is 6.75.